The Morgan fingerprint density at radius 2 is 0.703 bits per heavy atom. The van der Waals surface area contributed by atoms with Crippen LogP contribution in [-0.2, 0) is 28.6 Å². The summed E-state index contributed by atoms with van der Waals surface area (Å²) in [7, 11) is 0. The van der Waals surface area contributed by atoms with Crippen molar-refractivity contribution in [1.82, 2.24) is 0 Å². The molecule has 0 aliphatic carbocycles. The predicted octanol–water partition coefficient (Wildman–Crippen LogP) is 17.1. The second-order valence-corrected chi connectivity index (χ2v) is 16.8. The second-order valence-electron chi connectivity index (χ2n) is 16.8. The molecule has 0 spiro atoms. The zero-order chi connectivity index (χ0) is 46.5. The molecule has 0 aromatic carbocycles. The summed E-state index contributed by atoms with van der Waals surface area (Å²) in [4.78, 5) is 38.0. The van der Waals surface area contributed by atoms with Crippen LogP contribution in [0, 0.1) is 0 Å². The minimum absolute atomic E-state index is 0.106. The summed E-state index contributed by atoms with van der Waals surface area (Å²) in [6.45, 7) is 6.31. The minimum atomic E-state index is -0.813. The molecule has 0 saturated carbocycles. The van der Waals surface area contributed by atoms with Crippen molar-refractivity contribution in [2.75, 3.05) is 13.2 Å². The maximum Gasteiger partial charge on any atom is 0.306 e. The van der Waals surface area contributed by atoms with Gasteiger partial charge in [-0.1, -0.05) is 233 Å². The lowest BCUT2D eigenvalue weighted by molar-refractivity contribution is -0.167. The van der Waals surface area contributed by atoms with Crippen LogP contribution in [0.2, 0.25) is 0 Å². The summed E-state index contributed by atoms with van der Waals surface area (Å²) in [5, 5.41) is 0. The van der Waals surface area contributed by atoms with Crippen molar-refractivity contribution in [3.8, 4) is 0 Å². The van der Waals surface area contributed by atoms with Crippen molar-refractivity contribution >= 4 is 17.9 Å². The molecule has 0 aromatic rings. The Hall–Kier alpha value is -3.93. The topological polar surface area (TPSA) is 78.9 Å². The Morgan fingerprint density at radius 3 is 1.19 bits per heavy atom. The summed E-state index contributed by atoms with van der Waals surface area (Å²) in [6, 6.07) is 0. The van der Waals surface area contributed by atoms with E-state index in [1.807, 2.05) is 24.3 Å². The molecule has 0 heterocycles. The van der Waals surface area contributed by atoms with E-state index in [1.165, 1.54) is 70.6 Å². The Labute approximate surface area is 393 Å². The van der Waals surface area contributed by atoms with E-state index in [9.17, 15) is 14.4 Å². The quantitative estimate of drug-likeness (QED) is 0.0199. The highest BCUT2D eigenvalue weighted by Crippen LogP contribution is 2.14. The number of rotatable bonds is 45. The molecule has 0 aromatic heterocycles. The van der Waals surface area contributed by atoms with Gasteiger partial charge in [0.25, 0.3) is 0 Å². The van der Waals surface area contributed by atoms with E-state index in [0.29, 0.717) is 12.8 Å². The molecule has 0 bridgehead atoms. The SMILES string of the molecule is CC\C=C/C=C\C=C/C=C\CCCCCCCC(=O)OC(COC(=O)CCC/C=C\C/C=C\C/C=C\C/C=C\C/C=C\CC)COC(=O)CCCCCCCCCCCCCCCC. The highest BCUT2D eigenvalue weighted by Gasteiger charge is 2.19. The highest BCUT2D eigenvalue weighted by molar-refractivity contribution is 5.71. The van der Waals surface area contributed by atoms with Crippen molar-refractivity contribution in [2.45, 2.75) is 226 Å². The Balaban J connectivity index is 4.53. The minimum Gasteiger partial charge on any atom is -0.462 e. The van der Waals surface area contributed by atoms with Crippen molar-refractivity contribution in [1.29, 1.82) is 0 Å². The molecule has 0 aliphatic rings. The van der Waals surface area contributed by atoms with Gasteiger partial charge in [0.05, 0.1) is 0 Å². The molecule has 0 amide bonds. The molecule has 0 N–H and O–H groups in total. The van der Waals surface area contributed by atoms with Crippen LogP contribution in [0.25, 0.3) is 0 Å². The molecule has 0 rings (SSSR count). The van der Waals surface area contributed by atoms with Crippen LogP contribution < -0.4 is 0 Å². The normalized spacial score (nSPS) is 13.0. The molecule has 362 valence electrons. The summed E-state index contributed by atoms with van der Waals surface area (Å²) in [5.74, 6) is -0.994. The maximum atomic E-state index is 12.8. The van der Waals surface area contributed by atoms with Gasteiger partial charge < -0.3 is 14.2 Å². The summed E-state index contributed by atoms with van der Waals surface area (Å²) < 4.78 is 16.7. The first-order valence-electron chi connectivity index (χ1n) is 25.9. The average Bonchev–Trinajstić information content (AvgIpc) is 3.29. The fourth-order valence-electron chi connectivity index (χ4n) is 6.78. The summed E-state index contributed by atoms with van der Waals surface area (Å²) in [5.41, 5.74) is 0. The van der Waals surface area contributed by atoms with Gasteiger partial charge in [0.2, 0.25) is 0 Å². The molecular formula is C58H94O6. The highest BCUT2D eigenvalue weighted by atomic mass is 16.6. The number of carbonyl (C=O) groups excluding carboxylic acids is 3. The second kappa shape index (κ2) is 51.7. The Kier molecular flexibility index (Phi) is 48.5. The lowest BCUT2D eigenvalue weighted by atomic mass is 10.0. The molecule has 1 unspecified atom stereocenters. The third-order valence-electron chi connectivity index (χ3n) is 10.6. The fraction of sp³-hybridized carbons (Fsp3) is 0.638. The molecule has 0 saturated heterocycles. The van der Waals surface area contributed by atoms with Crippen LogP contribution in [0.4, 0.5) is 0 Å². The fourth-order valence-corrected chi connectivity index (χ4v) is 6.78. The lowest BCUT2D eigenvalue weighted by Crippen LogP contribution is -2.30. The first kappa shape index (κ1) is 60.1. The number of hydrogen-bond donors (Lipinski definition) is 0. The molecule has 0 fully saturated rings. The van der Waals surface area contributed by atoms with Gasteiger partial charge in [0.1, 0.15) is 13.2 Å². The van der Waals surface area contributed by atoms with Crippen LogP contribution >= 0.6 is 0 Å². The first-order valence-corrected chi connectivity index (χ1v) is 25.9. The third-order valence-corrected chi connectivity index (χ3v) is 10.6. The number of unbranched alkanes of at least 4 members (excludes halogenated alkanes) is 19. The first-order chi connectivity index (χ1) is 31.5. The number of allylic oxidation sites excluding steroid dienone is 18. The third kappa shape index (κ3) is 49.1. The van der Waals surface area contributed by atoms with E-state index in [0.717, 1.165) is 103 Å². The van der Waals surface area contributed by atoms with Gasteiger partial charge in [-0.3, -0.25) is 14.4 Å². The number of ether oxygens (including phenoxy) is 3. The smallest absolute Gasteiger partial charge is 0.306 e. The zero-order valence-corrected chi connectivity index (χ0v) is 41.3. The summed E-state index contributed by atoms with van der Waals surface area (Å²) in [6.07, 6.45) is 69.3. The van der Waals surface area contributed by atoms with Crippen LogP contribution in [-0.4, -0.2) is 37.2 Å². The van der Waals surface area contributed by atoms with Crippen LogP contribution in [0.5, 0.6) is 0 Å². The van der Waals surface area contributed by atoms with E-state index < -0.39 is 6.10 Å². The zero-order valence-electron chi connectivity index (χ0n) is 41.3. The van der Waals surface area contributed by atoms with E-state index in [1.54, 1.807) is 0 Å². The van der Waals surface area contributed by atoms with Gasteiger partial charge in [-0.2, -0.15) is 0 Å². The van der Waals surface area contributed by atoms with Gasteiger partial charge in [-0.15, -0.1) is 0 Å². The molecule has 6 heteroatoms. The Bertz CT molecular complexity index is 1340. The number of esters is 3. The van der Waals surface area contributed by atoms with Crippen LogP contribution in [0.3, 0.4) is 0 Å². The van der Waals surface area contributed by atoms with Crippen LogP contribution in [0.1, 0.15) is 220 Å². The van der Waals surface area contributed by atoms with Crippen LogP contribution in [0.15, 0.2) is 109 Å². The van der Waals surface area contributed by atoms with Gasteiger partial charge in [0, 0.05) is 19.3 Å². The monoisotopic (exact) mass is 887 g/mol. The molecule has 6 nitrogen and oxygen atoms in total. The lowest BCUT2D eigenvalue weighted by Gasteiger charge is -2.18. The molecule has 0 radical (unpaired) electrons. The standard InChI is InChI=1S/C58H94O6/c1-4-7-10-13-16-19-22-25-28-29-31-33-36-39-42-45-48-51-57(60)63-54-55(53-62-56(59)50-47-44-41-38-35-32-27-24-21-18-15-12-9-6-3)64-58(61)52-49-46-43-40-37-34-30-26-23-20-17-14-11-8-5-2/h7-8,10-11,14,16-17,19-20,23,25-26,28,30-31,33,39,42,55H,4-6,9,12-13,15,18,21-22,24,27,29,32,34-38,40-41,43-54H2,1-3H3/b10-7-,11-8-,17-14-,19-16-,23-20-,28-25-,30-26-,33-31-,42-39-. The molecule has 0 aliphatic heterocycles. The van der Waals surface area contributed by atoms with Gasteiger partial charge in [-0.25, -0.2) is 0 Å². The van der Waals surface area contributed by atoms with Crippen molar-refractivity contribution in [3.05, 3.63) is 109 Å². The number of carbonyl (C=O) groups is 3. The largest absolute Gasteiger partial charge is 0.462 e. The van der Waals surface area contributed by atoms with Gasteiger partial charge >= 0.3 is 17.9 Å². The Morgan fingerprint density at radius 1 is 0.344 bits per heavy atom. The predicted molar refractivity (Wildman–Crippen MR) is 274 cm³/mol. The maximum absolute atomic E-state index is 12.8. The summed E-state index contributed by atoms with van der Waals surface area (Å²) >= 11 is 0. The van der Waals surface area contributed by atoms with Crippen molar-refractivity contribution in [2.24, 2.45) is 0 Å². The van der Waals surface area contributed by atoms with E-state index in [2.05, 4.69) is 106 Å². The number of hydrogen-bond acceptors (Lipinski definition) is 6. The average molecular weight is 887 g/mol. The van der Waals surface area contributed by atoms with E-state index in [-0.39, 0.29) is 44.0 Å². The molecular weight excluding hydrogens is 793 g/mol. The molecule has 1 atom stereocenters. The van der Waals surface area contributed by atoms with E-state index >= 15 is 0 Å². The molecule has 64 heavy (non-hydrogen) atoms. The van der Waals surface area contributed by atoms with E-state index in [4.69, 9.17) is 14.2 Å². The van der Waals surface area contributed by atoms with Gasteiger partial charge in [0.15, 0.2) is 6.10 Å². The van der Waals surface area contributed by atoms with Crippen molar-refractivity contribution in [3.63, 3.8) is 0 Å². The van der Waals surface area contributed by atoms with Gasteiger partial charge in [-0.05, 0) is 77.0 Å². The van der Waals surface area contributed by atoms with Crippen molar-refractivity contribution < 1.29 is 28.6 Å².